The molecule has 22 heavy (non-hydrogen) atoms. The molecule has 0 aliphatic heterocycles. The molecule has 0 saturated carbocycles. The predicted molar refractivity (Wildman–Crippen MR) is 69.4 cm³/mol. The molecule has 0 nitrogen and oxygen atoms in total. The van der Waals surface area contributed by atoms with Crippen molar-refractivity contribution in [3.63, 3.8) is 0 Å². The number of halogens is 8. The molecular weight excluding hydrogens is 498 g/mol. The first kappa shape index (κ1) is 25.8. The van der Waals surface area contributed by atoms with Gasteiger partial charge in [-0.2, -0.15) is 0 Å². The molecule has 0 amide bonds. The van der Waals surface area contributed by atoms with E-state index in [1.54, 1.807) is 0 Å². The number of hydrogen-bond donors (Lipinski definition) is 0. The molecule has 11 heteroatoms. The van der Waals surface area contributed by atoms with Gasteiger partial charge in [-0.25, -0.2) is 0 Å². The standard InChI is InChI=1S/C6H6.C5H5.2BF4.Ir/c1-2-4-6-5-3-1;1-2-4-5-3-1;2*2-1(3,4)5;/h1-6H;1-5H;;;/q;;2*-1;. The summed E-state index contributed by atoms with van der Waals surface area (Å²) in [6.45, 7) is 0. The van der Waals surface area contributed by atoms with Crippen LogP contribution in [0.4, 0.5) is 34.5 Å². The van der Waals surface area contributed by atoms with Crippen molar-refractivity contribution in [3.05, 3.63) is 67.1 Å². The maximum absolute atomic E-state index is 9.75. The van der Waals surface area contributed by atoms with Crippen LogP contribution in [0.15, 0.2) is 60.7 Å². The second kappa shape index (κ2) is 14.8. The molecule has 0 spiro atoms. The Morgan fingerprint density at radius 1 is 0.409 bits per heavy atom. The smallest absolute Gasteiger partial charge is 0.418 e. The Kier molecular flexibility index (Phi) is 17.4. The molecule has 0 aromatic heterocycles. The molecule has 1 aliphatic carbocycles. The molecule has 0 unspecified atom stereocenters. The molecule has 1 aromatic rings. The zero-order valence-corrected chi connectivity index (χ0v) is 13.3. The first-order chi connectivity index (χ1) is 9.50. The van der Waals surface area contributed by atoms with Crippen LogP contribution in [0.3, 0.4) is 0 Å². The number of allylic oxidation sites excluding steroid dienone is 4. The number of hydrogen-bond acceptors (Lipinski definition) is 0. The predicted octanol–water partition coefficient (Wildman–Crippen LogP) is 5.60. The summed E-state index contributed by atoms with van der Waals surface area (Å²) in [5.74, 6) is 0. The minimum absolute atomic E-state index is 0. The van der Waals surface area contributed by atoms with Gasteiger partial charge in [-0.3, -0.25) is 0 Å². The molecule has 2 rings (SSSR count). The molecule has 0 atom stereocenters. The summed E-state index contributed by atoms with van der Waals surface area (Å²) in [5.41, 5.74) is 0. The number of benzene rings is 1. The van der Waals surface area contributed by atoms with Crippen molar-refractivity contribution in [2.45, 2.75) is 0 Å². The molecule has 2 radical (unpaired) electrons. The van der Waals surface area contributed by atoms with Gasteiger partial charge in [0.15, 0.2) is 0 Å². The summed E-state index contributed by atoms with van der Waals surface area (Å²) in [4.78, 5) is 0. The van der Waals surface area contributed by atoms with E-state index >= 15 is 0 Å². The average Bonchev–Trinajstić information content (AvgIpc) is 2.85. The van der Waals surface area contributed by atoms with E-state index in [-0.39, 0.29) is 20.1 Å². The van der Waals surface area contributed by atoms with E-state index in [4.69, 9.17) is 0 Å². The van der Waals surface area contributed by atoms with Crippen LogP contribution < -0.4 is 0 Å². The van der Waals surface area contributed by atoms with Gasteiger partial charge in [0.2, 0.25) is 0 Å². The Hall–Kier alpha value is -1.08. The maximum atomic E-state index is 9.75. The van der Waals surface area contributed by atoms with E-state index in [0.717, 1.165) is 0 Å². The largest absolute Gasteiger partial charge is 0.673 e. The van der Waals surface area contributed by atoms with Crippen LogP contribution in [-0.4, -0.2) is 14.5 Å². The van der Waals surface area contributed by atoms with E-state index < -0.39 is 14.5 Å². The van der Waals surface area contributed by atoms with E-state index in [2.05, 4.69) is 0 Å². The minimum Gasteiger partial charge on any atom is -0.418 e. The molecule has 0 heterocycles. The van der Waals surface area contributed by atoms with Crippen LogP contribution in [0.25, 0.3) is 0 Å². The topological polar surface area (TPSA) is 0 Å². The van der Waals surface area contributed by atoms with Crippen LogP contribution >= 0.6 is 0 Å². The van der Waals surface area contributed by atoms with Gasteiger partial charge in [-0.15, -0.1) is 0 Å². The Morgan fingerprint density at radius 3 is 0.682 bits per heavy atom. The third-order valence-electron chi connectivity index (χ3n) is 1.22. The Morgan fingerprint density at radius 2 is 0.591 bits per heavy atom. The maximum Gasteiger partial charge on any atom is 0.673 e. The molecule has 1 aromatic carbocycles. The van der Waals surface area contributed by atoms with Gasteiger partial charge in [0.25, 0.3) is 0 Å². The van der Waals surface area contributed by atoms with E-state index in [1.165, 1.54) is 0 Å². The summed E-state index contributed by atoms with van der Waals surface area (Å²) >= 11 is 0. The van der Waals surface area contributed by atoms with Gasteiger partial charge in [0, 0.05) is 26.5 Å². The third-order valence-corrected chi connectivity index (χ3v) is 1.22. The van der Waals surface area contributed by atoms with E-state index in [9.17, 15) is 34.5 Å². The fourth-order valence-corrected chi connectivity index (χ4v) is 0.706. The Bertz CT molecular complexity index is 329. The molecule has 0 bridgehead atoms. The van der Waals surface area contributed by atoms with Gasteiger partial charge >= 0.3 is 14.5 Å². The van der Waals surface area contributed by atoms with Crippen LogP contribution in [0.2, 0.25) is 0 Å². The van der Waals surface area contributed by atoms with Crippen LogP contribution in [0.5, 0.6) is 0 Å². The van der Waals surface area contributed by atoms with Crippen LogP contribution in [0.1, 0.15) is 0 Å². The van der Waals surface area contributed by atoms with Crippen molar-refractivity contribution >= 4 is 14.5 Å². The molecule has 0 fully saturated rings. The van der Waals surface area contributed by atoms with Gasteiger partial charge in [-0.1, -0.05) is 60.7 Å². The average molecular weight is 509 g/mol. The zero-order chi connectivity index (χ0) is 16.8. The van der Waals surface area contributed by atoms with Crippen molar-refractivity contribution in [2.75, 3.05) is 0 Å². The van der Waals surface area contributed by atoms with Crippen LogP contribution in [0, 0.1) is 6.42 Å². The fourth-order valence-electron chi connectivity index (χ4n) is 0.706. The number of rotatable bonds is 0. The van der Waals surface area contributed by atoms with E-state index in [0.29, 0.717) is 0 Å². The van der Waals surface area contributed by atoms with Crippen molar-refractivity contribution in [2.24, 2.45) is 0 Å². The monoisotopic (exact) mass is 510 g/mol. The van der Waals surface area contributed by atoms with Gasteiger partial charge in [0.05, 0.1) is 0 Å². The first-order valence-corrected chi connectivity index (χ1v) is 5.41. The Balaban J connectivity index is -0.000000217. The second-order valence-corrected chi connectivity index (χ2v) is 3.11. The zero-order valence-electron chi connectivity index (χ0n) is 10.9. The summed E-state index contributed by atoms with van der Waals surface area (Å²) in [6, 6.07) is 12.0. The molecular formula is C11H11B2F8Ir-2. The Labute approximate surface area is 136 Å². The normalized spacial score (nSPS) is 11.6. The van der Waals surface area contributed by atoms with Gasteiger partial charge in [0.1, 0.15) is 0 Å². The summed E-state index contributed by atoms with van der Waals surface area (Å²) < 4.78 is 78.0. The van der Waals surface area contributed by atoms with Gasteiger partial charge < -0.3 is 34.5 Å². The SMILES string of the molecule is F[B-](F)(F)F.F[B-](F)(F)F.[CH]1C=CC=C1.[Ir].c1ccccc1. The van der Waals surface area contributed by atoms with Crippen molar-refractivity contribution in [1.29, 1.82) is 0 Å². The van der Waals surface area contributed by atoms with Crippen LogP contribution in [-0.2, 0) is 20.1 Å². The minimum atomic E-state index is -6.00. The van der Waals surface area contributed by atoms with Crippen molar-refractivity contribution in [3.8, 4) is 0 Å². The summed E-state index contributed by atoms with van der Waals surface area (Å²) in [7, 11) is -12.0. The second-order valence-electron chi connectivity index (χ2n) is 3.11. The quantitative estimate of drug-likeness (QED) is 0.316. The first-order valence-electron chi connectivity index (χ1n) is 5.41. The van der Waals surface area contributed by atoms with Crippen molar-refractivity contribution < 1.29 is 54.6 Å². The summed E-state index contributed by atoms with van der Waals surface area (Å²) in [5, 5.41) is 0. The molecule has 0 N–H and O–H groups in total. The summed E-state index contributed by atoms with van der Waals surface area (Å²) in [6.07, 6.45) is 10.0. The third kappa shape index (κ3) is 61.7. The van der Waals surface area contributed by atoms with Gasteiger partial charge in [-0.05, 0) is 0 Å². The van der Waals surface area contributed by atoms with E-state index in [1.807, 2.05) is 67.1 Å². The molecule has 0 saturated heterocycles. The molecule has 1 aliphatic rings. The fraction of sp³-hybridized carbons (Fsp3) is 0. The molecule has 128 valence electrons. The van der Waals surface area contributed by atoms with Crippen molar-refractivity contribution in [1.82, 2.24) is 0 Å².